The van der Waals surface area contributed by atoms with Crippen molar-refractivity contribution in [2.24, 2.45) is 0 Å². The number of nitrogens with zero attached hydrogens (tertiary/aromatic N) is 3. The van der Waals surface area contributed by atoms with Gasteiger partial charge in [-0.3, -0.25) is 9.59 Å². The van der Waals surface area contributed by atoms with Gasteiger partial charge in [0.15, 0.2) is 0 Å². The Balaban J connectivity index is 1.39. The molecule has 32 heavy (non-hydrogen) atoms. The topological polar surface area (TPSA) is 97.6 Å². The smallest absolute Gasteiger partial charge is 0.255 e. The molecule has 3 aromatic rings. The summed E-state index contributed by atoms with van der Waals surface area (Å²) in [5, 5.41) is 6.90. The Labute approximate surface area is 186 Å². The van der Waals surface area contributed by atoms with E-state index in [0.717, 1.165) is 42.8 Å². The van der Waals surface area contributed by atoms with Crippen LogP contribution in [-0.2, 0) is 11.2 Å². The van der Waals surface area contributed by atoms with E-state index in [1.54, 1.807) is 13.2 Å². The number of nitrogens with one attached hydrogen (secondary N) is 1. The van der Waals surface area contributed by atoms with Gasteiger partial charge in [0.2, 0.25) is 17.6 Å². The van der Waals surface area contributed by atoms with Crippen molar-refractivity contribution in [2.45, 2.75) is 32.6 Å². The zero-order valence-corrected chi connectivity index (χ0v) is 18.3. The molecular weight excluding hydrogens is 408 g/mol. The molecular formula is C24H26N4O4. The molecule has 4 rings (SSSR count). The maximum atomic E-state index is 12.9. The van der Waals surface area contributed by atoms with Gasteiger partial charge in [0.05, 0.1) is 18.4 Å². The van der Waals surface area contributed by atoms with E-state index in [0.29, 0.717) is 29.4 Å². The van der Waals surface area contributed by atoms with E-state index < -0.39 is 0 Å². The number of rotatable bonds is 7. The zero-order valence-electron chi connectivity index (χ0n) is 18.3. The largest absolute Gasteiger partial charge is 0.497 e. The summed E-state index contributed by atoms with van der Waals surface area (Å²) in [5.41, 5.74) is 2.75. The Kier molecular flexibility index (Phi) is 6.49. The molecule has 1 aliphatic rings. The van der Waals surface area contributed by atoms with E-state index in [2.05, 4.69) is 15.5 Å². The Morgan fingerprint density at radius 3 is 2.59 bits per heavy atom. The first kappa shape index (κ1) is 21.5. The molecule has 2 amide bonds. The lowest BCUT2D eigenvalue weighted by Crippen LogP contribution is -2.29. The molecule has 1 aliphatic heterocycles. The third-order valence-electron chi connectivity index (χ3n) is 5.54. The molecule has 1 aromatic heterocycles. The second-order valence-electron chi connectivity index (χ2n) is 7.79. The fourth-order valence-electron chi connectivity index (χ4n) is 3.74. The Morgan fingerprint density at radius 2 is 1.88 bits per heavy atom. The molecule has 1 saturated heterocycles. The molecule has 1 fully saturated rings. The lowest BCUT2D eigenvalue weighted by Gasteiger charge is -2.19. The number of hydrogen-bond acceptors (Lipinski definition) is 6. The third kappa shape index (κ3) is 4.80. The number of amides is 2. The molecule has 0 unspecified atom stereocenters. The molecule has 2 heterocycles. The number of carbonyl (C=O) groups excluding carboxylic acids is 2. The van der Waals surface area contributed by atoms with Crippen LogP contribution in [-0.4, -0.2) is 47.1 Å². The summed E-state index contributed by atoms with van der Waals surface area (Å²) in [6, 6.07) is 12.8. The van der Waals surface area contributed by atoms with Crippen molar-refractivity contribution in [1.29, 1.82) is 0 Å². The number of para-hydroxylation sites is 1. The lowest BCUT2D eigenvalue weighted by atomic mass is 10.1. The zero-order chi connectivity index (χ0) is 22.5. The summed E-state index contributed by atoms with van der Waals surface area (Å²) in [5.74, 6) is 1.33. The van der Waals surface area contributed by atoms with Crippen LogP contribution in [0.25, 0.3) is 11.4 Å². The van der Waals surface area contributed by atoms with Gasteiger partial charge in [0.1, 0.15) is 5.75 Å². The van der Waals surface area contributed by atoms with Crippen LogP contribution in [0.3, 0.4) is 0 Å². The molecule has 2 aromatic carbocycles. The number of ether oxygens (including phenoxy) is 1. The highest BCUT2D eigenvalue weighted by atomic mass is 16.5. The molecule has 1 N–H and O–H groups in total. The second kappa shape index (κ2) is 9.64. The van der Waals surface area contributed by atoms with Gasteiger partial charge in [-0.05, 0) is 55.7 Å². The summed E-state index contributed by atoms with van der Waals surface area (Å²) in [7, 11) is 1.61. The average Bonchev–Trinajstić information content (AvgIpc) is 3.51. The normalized spacial score (nSPS) is 13.2. The predicted molar refractivity (Wildman–Crippen MR) is 120 cm³/mol. The fourth-order valence-corrected chi connectivity index (χ4v) is 3.74. The van der Waals surface area contributed by atoms with Crippen LogP contribution >= 0.6 is 0 Å². The molecule has 0 atom stereocenters. The molecule has 0 radical (unpaired) electrons. The number of hydrogen-bond donors (Lipinski definition) is 1. The number of aromatic nitrogens is 2. The number of carbonyl (C=O) groups is 2. The summed E-state index contributed by atoms with van der Waals surface area (Å²) in [6.45, 7) is 3.40. The van der Waals surface area contributed by atoms with E-state index >= 15 is 0 Å². The van der Waals surface area contributed by atoms with Crippen LogP contribution in [0.5, 0.6) is 5.75 Å². The number of anilines is 1. The van der Waals surface area contributed by atoms with Crippen molar-refractivity contribution in [3.63, 3.8) is 0 Å². The van der Waals surface area contributed by atoms with Crippen LogP contribution in [0, 0.1) is 6.92 Å². The van der Waals surface area contributed by atoms with Crippen LogP contribution < -0.4 is 10.1 Å². The number of benzene rings is 2. The van der Waals surface area contributed by atoms with Gasteiger partial charge in [-0.15, -0.1) is 0 Å². The molecule has 0 spiro atoms. The van der Waals surface area contributed by atoms with Gasteiger partial charge >= 0.3 is 0 Å². The van der Waals surface area contributed by atoms with Crippen molar-refractivity contribution < 1.29 is 18.8 Å². The maximum Gasteiger partial charge on any atom is 0.255 e. The van der Waals surface area contributed by atoms with E-state index in [-0.39, 0.29) is 18.2 Å². The summed E-state index contributed by atoms with van der Waals surface area (Å²) in [6.07, 6.45) is 2.50. The van der Waals surface area contributed by atoms with Gasteiger partial charge < -0.3 is 19.5 Å². The van der Waals surface area contributed by atoms with E-state index in [1.807, 2.05) is 48.2 Å². The van der Waals surface area contributed by atoms with Crippen LogP contribution in [0.4, 0.5) is 5.69 Å². The van der Waals surface area contributed by atoms with E-state index in [1.165, 1.54) is 0 Å². The Bertz CT molecular complexity index is 1100. The van der Waals surface area contributed by atoms with E-state index in [4.69, 9.17) is 9.26 Å². The monoisotopic (exact) mass is 434 g/mol. The molecule has 8 heteroatoms. The first-order valence-corrected chi connectivity index (χ1v) is 10.7. The van der Waals surface area contributed by atoms with Crippen LogP contribution in [0.15, 0.2) is 47.0 Å². The third-order valence-corrected chi connectivity index (χ3v) is 5.54. The predicted octanol–water partition coefficient (Wildman–Crippen LogP) is 3.86. The molecule has 8 nitrogen and oxygen atoms in total. The summed E-state index contributed by atoms with van der Waals surface area (Å²) < 4.78 is 10.4. The lowest BCUT2D eigenvalue weighted by molar-refractivity contribution is -0.116. The quantitative estimate of drug-likeness (QED) is 0.606. The maximum absolute atomic E-state index is 12.9. The highest BCUT2D eigenvalue weighted by Crippen LogP contribution is 2.25. The minimum Gasteiger partial charge on any atom is -0.497 e. The molecule has 166 valence electrons. The molecule has 0 aliphatic carbocycles. The first-order chi connectivity index (χ1) is 15.5. The van der Waals surface area contributed by atoms with Gasteiger partial charge in [0.25, 0.3) is 5.91 Å². The number of methoxy groups -OCH3 is 1. The van der Waals surface area contributed by atoms with Crippen molar-refractivity contribution in [3.05, 3.63) is 59.5 Å². The van der Waals surface area contributed by atoms with Crippen molar-refractivity contribution in [1.82, 2.24) is 15.0 Å². The van der Waals surface area contributed by atoms with Crippen molar-refractivity contribution in [2.75, 3.05) is 25.5 Å². The number of likely N-dealkylation sites (tertiary alicyclic amines) is 1. The van der Waals surface area contributed by atoms with Crippen LogP contribution in [0.1, 0.15) is 41.1 Å². The van der Waals surface area contributed by atoms with Crippen molar-refractivity contribution in [3.8, 4) is 17.1 Å². The highest BCUT2D eigenvalue weighted by molar-refractivity contribution is 6.04. The minimum atomic E-state index is -0.209. The minimum absolute atomic E-state index is 0.0393. The van der Waals surface area contributed by atoms with Gasteiger partial charge in [-0.25, -0.2) is 0 Å². The van der Waals surface area contributed by atoms with Gasteiger partial charge in [-0.2, -0.15) is 4.98 Å². The SMILES string of the molecule is COc1ccc(-c2noc(CCC(=O)Nc3c(C)cccc3C(=O)N3CCCC3)n2)cc1. The molecule has 0 saturated carbocycles. The average molecular weight is 434 g/mol. The second-order valence-corrected chi connectivity index (χ2v) is 7.79. The first-order valence-electron chi connectivity index (χ1n) is 10.7. The number of aryl methyl sites for hydroxylation is 2. The summed E-state index contributed by atoms with van der Waals surface area (Å²) >= 11 is 0. The standard InChI is InChI=1S/C24H26N4O4/c1-16-6-5-7-19(24(30)28-14-3-4-15-28)22(16)25-20(29)12-13-21-26-23(27-32-21)17-8-10-18(31-2)11-9-17/h5-11H,3-4,12-15H2,1-2H3,(H,25,29). The summed E-state index contributed by atoms with van der Waals surface area (Å²) in [4.78, 5) is 31.7. The Hall–Kier alpha value is -3.68. The Morgan fingerprint density at radius 1 is 1.12 bits per heavy atom. The molecule has 0 bridgehead atoms. The fraction of sp³-hybridized carbons (Fsp3) is 0.333. The van der Waals surface area contributed by atoms with Crippen LogP contribution in [0.2, 0.25) is 0 Å². The van der Waals surface area contributed by atoms with Crippen molar-refractivity contribution >= 4 is 17.5 Å². The highest BCUT2D eigenvalue weighted by Gasteiger charge is 2.23. The van der Waals surface area contributed by atoms with Gasteiger partial charge in [-0.1, -0.05) is 17.3 Å². The van der Waals surface area contributed by atoms with Gasteiger partial charge in [0, 0.05) is 31.5 Å². The van der Waals surface area contributed by atoms with E-state index in [9.17, 15) is 9.59 Å².